The van der Waals surface area contributed by atoms with Crippen molar-refractivity contribution >= 4 is 21.4 Å². The zero-order chi connectivity index (χ0) is 24.4. The molecule has 0 spiro atoms. The summed E-state index contributed by atoms with van der Waals surface area (Å²) in [5.41, 5.74) is 8.22. The number of benzene rings is 1. The average molecular weight is 490 g/mol. The second-order valence-electron chi connectivity index (χ2n) is 10.9. The van der Waals surface area contributed by atoms with E-state index in [0.717, 1.165) is 24.1 Å². The van der Waals surface area contributed by atoms with Crippen LogP contribution in [0, 0.1) is 11.2 Å². The predicted octanol–water partition coefficient (Wildman–Crippen LogP) is 3.28. The Kier molecular flexibility index (Phi) is 5.55. The van der Waals surface area contributed by atoms with Crippen LogP contribution in [0.3, 0.4) is 0 Å². The third-order valence-electron chi connectivity index (χ3n) is 7.44. The van der Waals surface area contributed by atoms with Gasteiger partial charge in [-0.1, -0.05) is 13.8 Å². The number of anilines is 1. The molecule has 1 amide bonds. The molecule has 3 aliphatic rings. The molecule has 0 saturated heterocycles. The van der Waals surface area contributed by atoms with Crippen molar-refractivity contribution in [1.82, 2.24) is 4.57 Å². The molecule has 0 unspecified atom stereocenters. The first-order valence-electron chi connectivity index (χ1n) is 12.0. The molecule has 1 fully saturated rings. The van der Waals surface area contributed by atoms with Gasteiger partial charge in [-0.15, -0.1) is 0 Å². The summed E-state index contributed by atoms with van der Waals surface area (Å²) in [7, 11) is -3.46. The van der Waals surface area contributed by atoms with Crippen LogP contribution in [0.25, 0.3) is 5.69 Å². The minimum absolute atomic E-state index is 0.0141. The molecule has 5 rings (SSSR count). The van der Waals surface area contributed by atoms with Crippen molar-refractivity contribution in [2.75, 3.05) is 11.1 Å². The number of nitrogens with zero attached hydrogens (tertiary/aromatic N) is 1. The van der Waals surface area contributed by atoms with E-state index in [-0.39, 0.29) is 23.5 Å². The lowest BCUT2D eigenvalue weighted by Crippen LogP contribution is -2.33. The van der Waals surface area contributed by atoms with Crippen LogP contribution in [0.15, 0.2) is 17.0 Å². The smallest absolute Gasteiger partial charge is 0.253 e. The molecule has 2 aromatic rings. The highest BCUT2D eigenvalue weighted by molar-refractivity contribution is 7.91. The van der Waals surface area contributed by atoms with Crippen molar-refractivity contribution in [2.24, 2.45) is 11.1 Å². The van der Waals surface area contributed by atoms with E-state index in [1.807, 2.05) is 18.4 Å². The number of nitrogens with two attached hydrogens (primary N) is 1. The number of hydrogen-bond acceptors (Lipinski definition) is 5. The number of aliphatic hydroxyl groups excluding tert-OH is 1. The first-order chi connectivity index (χ1) is 16.0. The Morgan fingerprint density at radius 1 is 1.18 bits per heavy atom. The van der Waals surface area contributed by atoms with Crippen molar-refractivity contribution < 1.29 is 22.7 Å². The van der Waals surface area contributed by atoms with Crippen LogP contribution in [0.4, 0.5) is 10.1 Å². The number of aromatic nitrogens is 1. The third kappa shape index (κ3) is 3.92. The van der Waals surface area contributed by atoms with Crippen molar-refractivity contribution in [2.45, 2.75) is 82.3 Å². The van der Waals surface area contributed by atoms with Gasteiger partial charge in [0, 0.05) is 17.4 Å². The molecule has 4 N–H and O–H groups in total. The topological polar surface area (TPSA) is 114 Å². The van der Waals surface area contributed by atoms with Crippen molar-refractivity contribution in [3.63, 3.8) is 0 Å². The van der Waals surface area contributed by atoms with Crippen LogP contribution in [-0.4, -0.2) is 41.9 Å². The SMILES string of the molecule is CC1(C)Cc2c(c3c(n2-c2cc(F)c(C(N)=O)c(NC4CCC(O)CC4)c2)CCC3)S(=O)(=O)C1. The van der Waals surface area contributed by atoms with Crippen LogP contribution in [-0.2, 0) is 29.1 Å². The van der Waals surface area contributed by atoms with E-state index in [9.17, 15) is 18.3 Å². The molecule has 34 heavy (non-hydrogen) atoms. The van der Waals surface area contributed by atoms with Gasteiger partial charge in [0.1, 0.15) is 5.82 Å². The molecule has 0 bridgehead atoms. The number of fused-ring (bicyclic) bond motifs is 3. The first-order valence-corrected chi connectivity index (χ1v) is 13.7. The quantitative estimate of drug-likeness (QED) is 0.610. The summed E-state index contributed by atoms with van der Waals surface area (Å²) < 4.78 is 43.8. The molecule has 184 valence electrons. The number of rotatable bonds is 4. The summed E-state index contributed by atoms with van der Waals surface area (Å²) in [6.07, 6.45) is 5.18. The Balaban J connectivity index is 1.67. The van der Waals surface area contributed by atoms with E-state index in [4.69, 9.17) is 5.73 Å². The fourth-order valence-electron chi connectivity index (χ4n) is 6.11. The van der Waals surface area contributed by atoms with Crippen LogP contribution < -0.4 is 11.1 Å². The number of halogens is 1. The number of carbonyl (C=O) groups is 1. The second-order valence-corrected chi connectivity index (χ2v) is 12.8. The standard InChI is InChI=1S/C25H32FN3O4S/c1-25(2)12-21-23(34(32,33)13-25)17-4-3-5-20(17)29(21)15-10-18(26)22(24(27)31)19(11-15)28-14-6-8-16(30)9-7-14/h10-11,14,16,28,30H,3-9,12-13H2,1-2H3,(H2,27,31). The number of carbonyl (C=O) groups excluding carboxylic acids is 1. The van der Waals surface area contributed by atoms with Gasteiger partial charge in [-0.25, -0.2) is 12.8 Å². The van der Waals surface area contributed by atoms with E-state index in [1.54, 1.807) is 6.07 Å². The van der Waals surface area contributed by atoms with Gasteiger partial charge in [0.25, 0.3) is 5.91 Å². The lowest BCUT2D eigenvalue weighted by Gasteiger charge is -2.31. The summed E-state index contributed by atoms with van der Waals surface area (Å²) in [5, 5.41) is 13.1. The number of aliphatic hydroxyl groups is 1. The lowest BCUT2D eigenvalue weighted by molar-refractivity contribution is 0.0996. The van der Waals surface area contributed by atoms with E-state index >= 15 is 4.39 Å². The molecule has 1 saturated carbocycles. The minimum Gasteiger partial charge on any atom is -0.393 e. The maximum Gasteiger partial charge on any atom is 0.253 e. The predicted molar refractivity (Wildman–Crippen MR) is 128 cm³/mol. The maximum absolute atomic E-state index is 15.3. The Bertz CT molecular complexity index is 1270. The number of primary amides is 1. The molecule has 1 aromatic heterocycles. The normalized spacial score (nSPS) is 24.9. The number of sulfone groups is 1. The Morgan fingerprint density at radius 2 is 1.88 bits per heavy atom. The van der Waals surface area contributed by atoms with Gasteiger partial charge in [0.05, 0.1) is 33.7 Å². The maximum atomic E-state index is 15.3. The van der Waals surface area contributed by atoms with Crippen molar-refractivity contribution in [3.8, 4) is 5.69 Å². The van der Waals surface area contributed by atoms with Gasteiger partial charge < -0.3 is 20.7 Å². The Labute approximate surface area is 199 Å². The average Bonchev–Trinajstić information content (AvgIpc) is 3.27. The van der Waals surface area contributed by atoms with Crippen molar-refractivity contribution in [3.05, 3.63) is 40.5 Å². The van der Waals surface area contributed by atoms with Crippen LogP contribution >= 0.6 is 0 Å². The molecule has 1 aliphatic heterocycles. The van der Waals surface area contributed by atoms with Crippen molar-refractivity contribution in [1.29, 1.82) is 0 Å². The zero-order valence-electron chi connectivity index (χ0n) is 19.7. The van der Waals surface area contributed by atoms with Gasteiger partial charge in [-0.05, 0) is 74.5 Å². The molecule has 7 nitrogen and oxygen atoms in total. The minimum atomic E-state index is -3.46. The highest BCUT2D eigenvalue weighted by atomic mass is 32.2. The first kappa shape index (κ1) is 23.4. The second kappa shape index (κ2) is 8.09. The van der Waals surface area contributed by atoms with E-state index in [1.165, 1.54) is 6.07 Å². The van der Waals surface area contributed by atoms with E-state index < -0.39 is 27.0 Å². The lowest BCUT2D eigenvalue weighted by atomic mass is 9.89. The summed E-state index contributed by atoms with van der Waals surface area (Å²) in [6, 6.07) is 3.00. The summed E-state index contributed by atoms with van der Waals surface area (Å²) in [6.45, 7) is 3.88. The van der Waals surface area contributed by atoms with Gasteiger partial charge in [0.2, 0.25) is 0 Å². The number of hydrogen-bond donors (Lipinski definition) is 3. The monoisotopic (exact) mass is 489 g/mol. The molecule has 9 heteroatoms. The van der Waals surface area contributed by atoms with Gasteiger partial charge >= 0.3 is 0 Å². The third-order valence-corrected chi connectivity index (χ3v) is 9.70. The fourth-order valence-corrected chi connectivity index (χ4v) is 8.51. The molecule has 0 atom stereocenters. The van der Waals surface area contributed by atoms with Gasteiger partial charge in [-0.3, -0.25) is 4.79 Å². The Hall–Kier alpha value is -2.39. The van der Waals surface area contributed by atoms with Crippen LogP contribution in [0.5, 0.6) is 0 Å². The summed E-state index contributed by atoms with van der Waals surface area (Å²) in [5.74, 6) is -1.49. The van der Waals surface area contributed by atoms with E-state index in [0.29, 0.717) is 60.5 Å². The molecule has 2 heterocycles. The summed E-state index contributed by atoms with van der Waals surface area (Å²) >= 11 is 0. The van der Waals surface area contributed by atoms with Crippen LogP contribution in [0.1, 0.15) is 73.3 Å². The van der Waals surface area contributed by atoms with E-state index in [2.05, 4.69) is 5.32 Å². The van der Waals surface area contributed by atoms with Gasteiger partial charge in [-0.2, -0.15) is 0 Å². The van der Waals surface area contributed by atoms with Crippen LogP contribution in [0.2, 0.25) is 0 Å². The number of nitrogens with one attached hydrogen (secondary N) is 1. The molecular formula is C25H32FN3O4S. The number of amides is 1. The molecular weight excluding hydrogens is 457 g/mol. The van der Waals surface area contributed by atoms with Gasteiger partial charge in [0.15, 0.2) is 9.84 Å². The largest absolute Gasteiger partial charge is 0.393 e. The highest BCUT2D eigenvalue weighted by Crippen LogP contribution is 2.44. The highest BCUT2D eigenvalue weighted by Gasteiger charge is 2.42. The molecule has 0 radical (unpaired) electrons. The Morgan fingerprint density at radius 3 is 2.56 bits per heavy atom. The summed E-state index contributed by atoms with van der Waals surface area (Å²) in [4.78, 5) is 12.6. The fraction of sp³-hybridized carbons (Fsp3) is 0.560. The zero-order valence-corrected chi connectivity index (χ0v) is 20.5. The molecule has 2 aliphatic carbocycles. The molecule has 1 aromatic carbocycles.